The zero-order valence-electron chi connectivity index (χ0n) is 15.5. The highest BCUT2D eigenvalue weighted by Gasteiger charge is 2.12. The lowest BCUT2D eigenvalue weighted by atomic mass is 9.89. The molecule has 0 aromatic heterocycles. The van der Waals surface area contributed by atoms with Crippen LogP contribution in [-0.4, -0.2) is 25.3 Å². The molecule has 3 rings (SSSR count). The first kappa shape index (κ1) is 18.0. The second kappa shape index (κ2) is 8.50. The molecule has 0 saturated carbocycles. The zero-order valence-corrected chi connectivity index (χ0v) is 15.5. The molecule has 2 aromatic rings. The predicted molar refractivity (Wildman–Crippen MR) is 105 cm³/mol. The summed E-state index contributed by atoms with van der Waals surface area (Å²) in [6, 6.07) is 15.9. The summed E-state index contributed by atoms with van der Waals surface area (Å²) >= 11 is 0. The van der Waals surface area contributed by atoms with Gasteiger partial charge in [0.1, 0.15) is 0 Å². The minimum absolute atomic E-state index is 0.179. The van der Waals surface area contributed by atoms with Crippen molar-refractivity contribution in [3.63, 3.8) is 0 Å². The van der Waals surface area contributed by atoms with E-state index < -0.39 is 0 Å². The van der Waals surface area contributed by atoms with Crippen LogP contribution >= 0.6 is 0 Å². The van der Waals surface area contributed by atoms with Gasteiger partial charge in [-0.15, -0.1) is 0 Å². The summed E-state index contributed by atoms with van der Waals surface area (Å²) in [6.07, 6.45) is 5.15. The van der Waals surface area contributed by atoms with Crippen LogP contribution in [0.5, 0.6) is 0 Å². The van der Waals surface area contributed by atoms with Crippen molar-refractivity contribution in [3.05, 3.63) is 64.7 Å². The molecule has 2 aromatic carbocycles. The third kappa shape index (κ3) is 4.62. The first-order valence-corrected chi connectivity index (χ1v) is 9.43. The Labute approximate surface area is 151 Å². The van der Waals surface area contributed by atoms with E-state index in [0.717, 1.165) is 12.2 Å². The van der Waals surface area contributed by atoms with Crippen molar-refractivity contribution in [3.8, 4) is 0 Å². The summed E-state index contributed by atoms with van der Waals surface area (Å²) in [5, 5.41) is 12.7. The third-order valence-electron chi connectivity index (χ3n) is 5.30. The highest BCUT2D eigenvalue weighted by Crippen LogP contribution is 2.25. The Hall–Kier alpha value is -1.84. The minimum Gasteiger partial charge on any atom is -0.395 e. The molecule has 0 saturated heterocycles. The number of anilines is 1. The monoisotopic (exact) mass is 338 g/mol. The molecule has 1 aliphatic rings. The minimum atomic E-state index is 0.179. The van der Waals surface area contributed by atoms with Gasteiger partial charge in [0.25, 0.3) is 0 Å². The smallest absolute Gasteiger partial charge is 0.0606 e. The van der Waals surface area contributed by atoms with Crippen LogP contribution in [-0.2, 0) is 19.4 Å². The van der Waals surface area contributed by atoms with Crippen molar-refractivity contribution >= 4 is 5.69 Å². The second-order valence-corrected chi connectivity index (χ2v) is 7.15. The number of fused-ring (bicyclic) bond motifs is 1. The van der Waals surface area contributed by atoms with E-state index in [9.17, 15) is 0 Å². The number of aliphatic hydroxyl groups excluding tert-OH is 1. The summed E-state index contributed by atoms with van der Waals surface area (Å²) in [6.45, 7) is 3.95. The van der Waals surface area contributed by atoms with Crippen LogP contribution in [0.25, 0.3) is 0 Å². The molecule has 1 unspecified atom stereocenters. The van der Waals surface area contributed by atoms with Crippen LogP contribution in [0.4, 0.5) is 5.69 Å². The Morgan fingerprint density at radius 1 is 1.04 bits per heavy atom. The topological polar surface area (TPSA) is 35.5 Å². The van der Waals surface area contributed by atoms with E-state index >= 15 is 0 Å². The normalized spacial score (nSPS) is 14.8. The van der Waals surface area contributed by atoms with Crippen LogP contribution in [0, 0.1) is 0 Å². The molecule has 3 heteroatoms. The molecule has 0 aliphatic heterocycles. The van der Waals surface area contributed by atoms with Gasteiger partial charge in [-0.25, -0.2) is 0 Å². The molecular weight excluding hydrogens is 308 g/mol. The van der Waals surface area contributed by atoms with Crippen molar-refractivity contribution in [1.82, 2.24) is 5.32 Å². The number of aliphatic hydroxyl groups is 1. The first-order valence-electron chi connectivity index (χ1n) is 9.43. The van der Waals surface area contributed by atoms with Gasteiger partial charge in [0.15, 0.2) is 0 Å². The van der Waals surface area contributed by atoms with E-state index in [1.165, 1.54) is 36.8 Å². The lowest BCUT2D eigenvalue weighted by molar-refractivity contribution is 0.304. The van der Waals surface area contributed by atoms with Gasteiger partial charge in [0.05, 0.1) is 6.61 Å². The van der Waals surface area contributed by atoms with E-state index in [1.807, 2.05) is 7.05 Å². The van der Waals surface area contributed by atoms with E-state index in [2.05, 4.69) is 59.6 Å². The summed E-state index contributed by atoms with van der Waals surface area (Å²) < 4.78 is 0. The number of rotatable bonds is 7. The third-order valence-corrected chi connectivity index (χ3v) is 5.30. The maximum atomic E-state index is 9.03. The van der Waals surface area contributed by atoms with Crippen molar-refractivity contribution in [2.75, 3.05) is 25.1 Å². The van der Waals surface area contributed by atoms with Crippen LogP contribution in [0.2, 0.25) is 0 Å². The number of hydrogen-bond donors (Lipinski definition) is 2. The van der Waals surface area contributed by atoms with Crippen LogP contribution in [0.3, 0.4) is 0 Å². The molecule has 2 N–H and O–H groups in total. The Balaban J connectivity index is 1.57. The fourth-order valence-electron chi connectivity index (χ4n) is 3.56. The van der Waals surface area contributed by atoms with Crippen molar-refractivity contribution < 1.29 is 5.11 Å². The maximum Gasteiger partial charge on any atom is 0.0606 e. The molecule has 1 aliphatic carbocycles. The highest BCUT2D eigenvalue weighted by atomic mass is 16.3. The standard InChI is InChI=1S/C22H30N2O/c1-17(20-10-9-19-5-3-4-6-21(19)15-20)23-16-18-7-11-22(12-8-18)24(2)13-14-25/h7-12,15,17,23,25H,3-6,13-14,16H2,1-2H3. The molecule has 0 bridgehead atoms. The lowest BCUT2D eigenvalue weighted by Gasteiger charge is -2.21. The average molecular weight is 338 g/mol. The molecule has 1 atom stereocenters. The number of hydrogen-bond acceptors (Lipinski definition) is 3. The Kier molecular flexibility index (Phi) is 6.11. The molecule has 3 nitrogen and oxygen atoms in total. The number of benzene rings is 2. The number of nitrogens with zero attached hydrogens (tertiary/aromatic N) is 1. The predicted octanol–water partition coefficient (Wildman–Crippen LogP) is 3.84. The second-order valence-electron chi connectivity index (χ2n) is 7.15. The van der Waals surface area contributed by atoms with Gasteiger partial charge in [-0.1, -0.05) is 30.3 Å². The summed E-state index contributed by atoms with van der Waals surface area (Å²) in [5.74, 6) is 0. The van der Waals surface area contributed by atoms with Crippen molar-refractivity contribution in [2.24, 2.45) is 0 Å². The van der Waals surface area contributed by atoms with E-state index in [4.69, 9.17) is 5.11 Å². The van der Waals surface area contributed by atoms with Crippen LogP contribution in [0.15, 0.2) is 42.5 Å². The van der Waals surface area contributed by atoms with E-state index in [0.29, 0.717) is 12.6 Å². The summed E-state index contributed by atoms with van der Waals surface area (Å²) in [5.41, 5.74) is 6.91. The van der Waals surface area contributed by atoms with Crippen molar-refractivity contribution in [2.45, 2.75) is 45.2 Å². The van der Waals surface area contributed by atoms with Gasteiger partial charge in [-0.3, -0.25) is 0 Å². The Bertz CT molecular complexity index is 681. The molecule has 25 heavy (non-hydrogen) atoms. The lowest BCUT2D eigenvalue weighted by Crippen LogP contribution is -2.21. The molecule has 0 heterocycles. The first-order chi connectivity index (χ1) is 12.2. The molecule has 0 radical (unpaired) electrons. The highest BCUT2D eigenvalue weighted by molar-refractivity contribution is 5.46. The largest absolute Gasteiger partial charge is 0.395 e. The molecule has 0 amide bonds. The quantitative estimate of drug-likeness (QED) is 0.805. The Morgan fingerprint density at radius 3 is 2.48 bits per heavy atom. The van der Waals surface area contributed by atoms with Gasteiger partial charge < -0.3 is 15.3 Å². The SMILES string of the molecule is CC(NCc1ccc(N(C)CCO)cc1)c1ccc2c(c1)CCCC2. The van der Waals surface area contributed by atoms with Gasteiger partial charge in [0, 0.05) is 31.9 Å². The maximum absolute atomic E-state index is 9.03. The Morgan fingerprint density at radius 2 is 1.76 bits per heavy atom. The molecule has 0 fully saturated rings. The fourth-order valence-corrected chi connectivity index (χ4v) is 3.56. The number of aryl methyl sites for hydroxylation is 2. The van der Waals surface area contributed by atoms with Crippen LogP contribution < -0.4 is 10.2 Å². The number of likely N-dealkylation sites (N-methyl/N-ethyl adjacent to an activating group) is 1. The summed E-state index contributed by atoms with van der Waals surface area (Å²) in [4.78, 5) is 2.06. The van der Waals surface area contributed by atoms with E-state index in [1.54, 1.807) is 11.1 Å². The van der Waals surface area contributed by atoms with Gasteiger partial charge in [0.2, 0.25) is 0 Å². The summed E-state index contributed by atoms with van der Waals surface area (Å²) in [7, 11) is 2.00. The molecular formula is C22H30N2O. The van der Waals surface area contributed by atoms with Gasteiger partial charge >= 0.3 is 0 Å². The van der Waals surface area contributed by atoms with Crippen molar-refractivity contribution in [1.29, 1.82) is 0 Å². The molecule has 134 valence electrons. The number of nitrogens with one attached hydrogen (secondary N) is 1. The zero-order chi connectivity index (χ0) is 17.6. The fraction of sp³-hybridized carbons (Fsp3) is 0.455. The van der Waals surface area contributed by atoms with E-state index in [-0.39, 0.29) is 6.61 Å². The average Bonchev–Trinajstić information content (AvgIpc) is 2.66. The van der Waals surface area contributed by atoms with Gasteiger partial charge in [-0.05, 0) is 67.0 Å². The van der Waals surface area contributed by atoms with Gasteiger partial charge in [-0.2, -0.15) is 0 Å². The van der Waals surface area contributed by atoms with Crippen LogP contribution in [0.1, 0.15) is 48.1 Å². The molecule has 0 spiro atoms.